The molecule has 0 saturated carbocycles. The molecule has 51 heavy (non-hydrogen) atoms. The number of ether oxygens (including phenoxy) is 5. The van der Waals surface area contributed by atoms with Gasteiger partial charge < -0.3 is 28.8 Å². The van der Waals surface area contributed by atoms with Crippen molar-refractivity contribution in [2.45, 2.75) is 38.0 Å². The largest absolute Gasteiger partial charge is 0.504 e. The maximum absolute atomic E-state index is 13.8. The minimum atomic E-state index is -0.788. The zero-order valence-electron chi connectivity index (χ0n) is 28.6. The second-order valence-electron chi connectivity index (χ2n) is 12.5. The van der Waals surface area contributed by atoms with Crippen molar-refractivity contribution in [3.63, 3.8) is 0 Å². The fourth-order valence-corrected chi connectivity index (χ4v) is 7.22. The predicted molar refractivity (Wildman–Crippen MR) is 191 cm³/mol. The quantitative estimate of drug-likeness (QED) is 0.155. The molecule has 3 aliphatic heterocycles. The van der Waals surface area contributed by atoms with Crippen LogP contribution in [0.1, 0.15) is 46.0 Å². The Labute approximate surface area is 306 Å². The van der Waals surface area contributed by atoms with Gasteiger partial charge in [-0.3, -0.25) is 9.80 Å². The molecule has 0 radical (unpaired) electrons. The molecule has 268 valence electrons. The smallest absolute Gasteiger partial charge is 0.415 e. The molecule has 3 aromatic carbocycles. The number of H-pyrrole nitrogens is 1. The number of piperidine rings is 3. The average Bonchev–Trinajstić information content (AvgIpc) is 3.15. The number of nitrogens with one attached hydrogen (secondary N) is 1. The summed E-state index contributed by atoms with van der Waals surface area (Å²) in [6.45, 7) is 2.81. The highest BCUT2D eigenvalue weighted by Crippen LogP contribution is 2.39. The van der Waals surface area contributed by atoms with Crippen LogP contribution < -0.4 is 24.1 Å². The van der Waals surface area contributed by atoms with Gasteiger partial charge in [0.05, 0.1) is 39.1 Å². The molecular weight excluding hydrogens is 697 g/mol. The van der Waals surface area contributed by atoms with Gasteiger partial charge in [0.15, 0.2) is 35.4 Å². The number of hydrogen-bond donors (Lipinski definition) is 1. The van der Waals surface area contributed by atoms with E-state index in [4.69, 9.17) is 46.9 Å². The third-order valence-electron chi connectivity index (χ3n) is 9.48. The number of pyridine rings is 1. The Hall–Kier alpha value is -4.71. The molecule has 0 unspecified atom stereocenters. The topological polar surface area (TPSA) is 121 Å². The van der Waals surface area contributed by atoms with Crippen LogP contribution in [0.2, 0.25) is 10.0 Å². The van der Waals surface area contributed by atoms with Gasteiger partial charge in [-0.2, -0.15) is 0 Å². The van der Waals surface area contributed by atoms with Crippen LogP contribution in [0, 0.1) is 5.92 Å². The summed E-state index contributed by atoms with van der Waals surface area (Å²) in [6.07, 6.45) is 3.83. The van der Waals surface area contributed by atoms with Gasteiger partial charge in [0.1, 0.15) is 22.3 Å². The molecular formula is C38H40Cl2N3O8+. The Kier molecular flexibility index (Phi) is 11.4. The Balaban J connectivity index is 1.24. The number of methoxy groups -OCH3 is 3. The molecule has 3 saturated heterocycles. The van der Waals surface area contributed by atoms with Gasteiger partial charge in [0.25, 0.3) is 0 Å². The number of carbonyl (C=O) groups is 2. The summed E-state index contributed by atoms with van der Waals surface area (Å²) in [6, 6.07) is 16.9. The number of aromatic hydroxyl groups is 1. The number of fused-ring (bicyclic) bond motifs is 3. The first-order chi connectivity index (χ1) is 24.7. The number of carbonyl (C=O) groups excluding carboxylic acids is 2. The van der Waals surface area contributed by atoms with Crippen molar-refractivity contribution in [3.8, 4) is 23.0 Å². The minimum absolute atomic E-state index is 0.0887. The highest BCUT2D eigenvalue weighted by atomic mass is 35.5. The highest BCUT2D eigenvalue weighted by molar-refractivity contribution is 6.35. The van der Waals surface area contributed by atoms with Crippen LogP contribution in [0.4, 0.5) is 10.5 Å². The van der Waals surface area contributed by atoms with Crippen LogP contribution in [0.3, 0.4) is 0 Å². The second-order valence-corrected chi connectivity index (χ2v) is 13.3. The monoisotopic (exact) mass is 736 g/mol. The van der Waals surface area contributed by atoms with Gasteiger partial charge >= 0.3 is 12.1 Å². The average molecular weight is 738 g/mol. The van der Waals surface area contributed by atoms with Gasteiger partial charge in [-0.05, 0) is 79.4 Å². The molecule has 0 aliphatic carbocycles. The van der Waals surface area contributed by atoms with Gasteiger partial charge in [0.2, 0.25) is 0 Å². The van der Waals surface area contributed by atoms with Gasteiger partial charge in [0, 0.05) is 18.5 Å². The first-order valence-electron chi connectivity index (χ1n) is 16.6. The summed E-state index contributed by atoms with van der Waals surface area (Å²) in [5, 5.41) is 11.3. The van der Waals surface area contributed by atoms with Crippen molar-refractivity contribution < 1.29 is 43.4 Å². The third kappa shape index (κ3) is 8.11. The van der Waals surface area contributed by atoms with Gasteiger partial charge in [-0.1, -0.05) is 47.5 Å². The number of phenols is 1. The van der Waals surface area contributed by atoms with Crippen molar-refractivity contribution >= 4 is 41.0 Å². The molecule has 2 atom stereocenters. The number of halogens is 2. The molecule has 7 rings (SSSR count). The van der Waals surface area contributed by atoms with Crippen LogP contribution >= 0.6 is 23.2 Å². The number of nitrogens with zero attached hydrogens (tertiary/aromatic N) is 2. The van der Waals surface area contributed by atoms with Crippen molar-refractivity contribution in [1.82, 2.24) is 4.90 Å². The van der Waals surface area contributed by atoms with E-state index in [0.29, 0.717) is 61.9 Å². The molecule has 2 bridgehead atoms. The number of aromatic amines is 1. The SMILES string of the molecule is COc1ccc([C@H](Cc2c(Cl)c[nH+]cc2Cl)OC(=O)c2ccc(CN(C(=O)O[C@H]3CN4CCC3CC4)c3cccc(O)c3OC)cc2)cc1OC. The summed E-state index contributed by atoms with van der Waals surface area (Å²) in [7, 11) is 4.50. The second kappa shape index (κ2) is 16.1. The summed E-state index contributed by atoms with van der Waals surface area (Å²) in [4.78, 5) is 34.1. The van der Waals surface area contributed by atoms with E-state index in [1.807, 2.05) is 0 Å². The number of hydrogen-bond acceptors (Lipinski definition) is 9. The van der Waals surface area contributed by atoms with E-state index >= 15 is 0 Å². The Bertz CT molecular complexity index is 1850. The molecule has 1 aromatic heterocycles. The Morgan fingerprint density at radius 3 is 2.27 bits per heavy atom. The van der Waals surface area contributed by atoms with E-state index < -0.39 is 18.2 Å². The summed E-state index contributed by atoms with van der Waals surface area (Å²) >= 11 is 13.0. The highest BCUT2D eigenvalue weighted by Gasteiger charge is 2.38. The lowest BCUT2D eigenvalue weighted by molar-refractivity contribution is -0.377. The van der Waals surface area contributed by atoms with E-state index in [2.05, 4.69) is 9.88 Å². The molecule has 11 nitrogen and oxygen atoms in total. The lowest BCUT2D eigenvalue weighted by atomic mass is 9.86. The molecule has 3 fully saturated rings. The van der Waals surface area contributed by atoms with Gasteiger partial charge in [-0.25, -0.2) is 14.6 Å². The number of rotatable bonds is 12. The predicted octanol–water partition coefficient (Wildman–Crippen LogP) is 6.92. The maximum Gasteiger partial charge on any atom is 0.415 e. The van der Waals surface area contributed by atoms with Crippen LogP contribution in [0.25, 0.3) is 0 Å². The summed E-state index contributed by atoms with van der Waals surface area (Å²) in [5.74, 6) is 0.781. The van der Waals surface area contributed by atoms with E-state index in [9.17, 15) is 14.7 Å². The zero-order valence-corrected chi connectivity index (χ0v) is 30.1. The fourth-order valence-electron chi connectivity index (χ4n) is 6.68. The van der Waals surface area contributed by atoms with E-state index in [0.717, 1.165) is 25.9 Å². The molecule has 4 heterocycles. The number of phenolic OH excluding ortho intramolecular Hbond substituents is 1. The molecule has 3 aliphatic rings. The molecule has 0 spiro atoms. The van der Waals surface area contributed by atoms with Crippen molar-refractivity contribution in [2.24, 2.45) is 5.92 Å². The first-order valence-corrected chi connectivity index (χ1v) is 17.4. The van der Waals surface area contributed by atoms with Crippen LogP contribution in [-0.4, -0.2) is 69.1 Å². The number of aromatic nitrogens is 1. The fraction of sp³-hybridized carbons (Fsp3) is 0.342. The van der Waals surface area contributed by atoms with Crippen molar-refractivity contribution in [3.05, 3.63) is 105 Å². The van der Waals surface area contributed by atoms with E-state index in [-0.39, 0.29) is 30.6 Å². The number of para-hydroxylation sites is 1. The number of benzene rings is 3. The lowest BCUT2D eigenvalue weighted by Crippen LogP contribution is -2.53. The molecule has 1 amide bonds. The molecule has 2 N–H and O–H groups in total. The van der Waals surface area contributed by atoms with E-state index in [1.165, 1.54) is 25.2 Å². The van der Waals surface area contributed by atoms with Crippen LogP contribution in [-0.2, 0) is 22.4 Å². The van der Waals surface area contributed by atoms with E-state index in [1.54, 1.807) is 74.1 Å². The molecule has 13 heteroatoms. The lowest BCUT2D eigenvalue weighted by Gasteiger charge is -2.44. The normalized spacial score (nSPS) is 18.4. The number of amides is 1. The zero-order chi connectivity index (χ0) is 36.1. The van der Waals surface area contributed by atoms with Crippen LogP contribution in [0.15, 0.2) is 73.1 Å². The Morgan fingerprint density at radius 2 is 1.65 bits per heavy atom. The molecule has 4 aromatic rings. The first kappa shape index (κ1) is 36.1. The Morgan fingerprint density at radius 1 is 0.941 bits per heavy atom. The summed E-state index contributed by atoms with van der Waals surface area (Å²) < 4.78 is 28.6. The number of anilines is 1. The summed E-state index contributed by atoms with van der Waals surface area (Å²) in [5.41, 5.74) is 2.61. The maximum atomic E-state index is 13.8. The standard InChI is InChI=1S/C38H39Cl2N3O8/c1-47-32-12-11-26(17-34(32)48-2)33(18-27-28(39)19-41-20-29(27)40)50-37(45)25-9-7-23(8-10-25)21-43(30-5-4-6-31(44)36(30)49-3)38(46)51-35-22-42-15-13-24(35)14-16-42/h4-12,17,19-20,24,33,35,44H,13-16,18,21-22H2,1-3H3/p+1/t33-,35-/m0/s1. The van der Waals surface area contributed by atoms with Gasteiger partial charge in [-0.15, -0.1) is 0 Å². The van der Waals surface area contributed by atoms with Crippen molar-refractivity contribution in [2.75, 3.05) is 45.9 Å². The van der Waals surface area contributed by atoms with Crippen LogP contribution in [0.5, 0.6) is 23.0 Å². The third-order valence-corrected chi connectivity index (χ3v) is 10.2. The number of esters is 1. The van der Waals surface area contributed by atoms with Crippen molar-refractivity contribution in [1.29, 1.82) is 0 Å². The minimum Gasteiger partial charge on any atom is -0.504 e.